The molecule has 4 heterocycles. The molecule has 4 aliphatic rings. The molecule has 2 aromatic carbocycles. The van der Waals surface area contributed by atoms with E-state index in [4.69, 9.17) is 38.1 Å². The molecule has 0 amide bonds. The van der Waals surface area contributed by atoms with E-state index >= 15 is 0 Å². The maximum atomic E-state index is 4.81. The molecule has 0 unspecified atom stereocenters. The second-order valence-electron chi connectivity index (χ2n) is 14.4. The van der Waals surface area contributed by atoms with E-state index in [1.165, 1.54) is 62.5 Å². The van der Waals surface area contributed by atoms with Crippen molar-refractivity contribution >= 4 is 38.1 Å². The summed E-state index contributed by atoms with van der Waals surface area (Å²) in [7, 11) is 19.3. The molecule has 0 atom stereocenters. The third-order valence-corrected chi connectivity index (χ3v) is 9.16. The van der Waals surface area contributed by atoms with Crippen LogP contribution in [-0.2, 0) is 45.0 Å². The molecule has 356 valence electrons. The Bertz CT molecular complexity index is 1360. The van der Waals surface area contributed by atoms with E-state index in [1.54, 1.807) is 0 Å². The monoisotopic (exact) mass is 1110 g/mol. The van der Waals surface area contributed by atoms with Crippen LogP contribution < -0.4 is 0 Å². The molecule has 6 rings (SSSR count). The van der Waals surface area contributed by atoms with Crippen LogP contribution in [0.3, 0.4) is 0 Å². The number of hydrogen-bond donors (Lipinski definition) is 0. The van der Waals surface area contributed by atoms with Gasteiger partial charge in [0.15, 0.2) is 0 Å². The van der Waals surface area contributed by atoms with Crippen LogP contribution >= 0.6 is 38.1 Å². The van der Waals surface area contributed by atoms with Crippen LogP contribution in [0.5, 0.6) is 0 Å². The molecule has 2 aromatic rings. The van der Waals surface area contributed by atoms with E-state index < -0.39 is 0 Å². The van der Waals surface area contributed by atoms with Gasteiger partial charge in [-0.05, 0) is 113 Å². The summed E-state index contributed by atoms with van der Waals surface area (Å²) in [4.78, 5) is 17.7. The second-order valence-corrected chi connectivity index (χ2v) is 19.1. The van der Waals surface area contributed by atoms with Crippen molar-refractivity contribution in [2.45, 2.75) is 92.2 Å². The van der Waals surface area contributed by atoms with Gasteiger partial charge in [0.1, 0.15) is 0 Å². The van der Waals surface area contributed by atoms with Crippen molar-refractivity contribution in [1.82, 2.24) is 39.2 Å². The average Bonchev–Trinajstić information content (AvgIpc) is 4.13. The summed E-state index contributed by atoms with van der Waals surface area (Å²) in [5, 5.41) is 0. The third-order valence-electron chi connectivity index (χ3n) is 9.16. The predicted octanol–water partition coefficient (Wildman–Crippen LogP) is 13.5. The first-order chi connectivity index (χ1) is 30.3. The molecule has 0 fully saturated rings. The fourth-order valence-corrected chi connectivity index (χ4v) is 5.94. The molecule has 0 saturated carbocycles. The number of hydrogen-bond acceptors (Lipinski definition) is 8. The van der Waals surface area contributed by atoms with Crippen molar-refractivity contribution in [3.05, 3.63) is 173 Å². The average molecular weight is 1120 g/mol. The molecule has 14 heteroatoms. The van der Waals surface area contributed by atoms with E-state index in [0.717, 1.165) is 52.4 Å². The number of nitrogens with zero attached hydrogens (tertiary/aromatic N) is 8. The molecule has 0 bridgehead atoms. The Hall–Kier alpha value is -2.24. The third kappa shape index (κ3) is 29.3. The number of halogens is 4. The summed E-state index contributed by atoms with van der Waals surface area (Å²) >= 11 is -0.211. The Labute approximate surface area is 410 Å². The van der Waals surface area contributed by atoms with Gasteiger partial charge in [-0.1, -0.05) is 126 Å². The van der Waals surface area contributed by atoms with E-state index in [-0.39, 0.29) is 31.9 Å². The van der Waals surface area contributed by atoms with Gasteiger partial charge in [-0.3, -0.25) is 0 Å². The van der Waals surface area contributed by atoms with Crippen LogP contribution in [0, 0.1) is 26.7 Å². The Balaban J connectivity index is 0.000000399. The molecule has 0 N–H and O–H groups in total. The van der Waals surface area contributed by atoms with Crippen LogP contribution in [0.2, 0.25) is 0 Å². The van der Waals surface area contributed by atoms with Gasteiger partial charge in [0.2, 0.25) is 0 Å². The molecule has 62 heavy (non-hydrogen) atoms. The van der Waals surface area contributed by atoms with Gasteiger partial charge in [0, 0.05) is 26.2 Å². The van der Waals surface area contributed by atoms with Crippen LogP contribution in [0.25, 0.3) is 0 Å². The van der Waals surface area contributed by atoms with Gasteiger partial charge < -0.3 is 39.2 Å². The van der Waals surface area contributed by atoms with Crippen LogP contribution in [-0.4, -0.2) is 78.5 Å². The standard InChI is InChI=1S/2C14H19N2.2C10H17N2.4ClH.2Pd/c2*1-2-3-9-15-10-11-16(13-15)12-14-7-5-4-6-8-14;2*1-3-5-7-12-9-8-11(10-12)6-4-2;;;;;;/h2*4-8,10-11,13H,2-3,9,12H2,1H3;2*4,8-10H,2-3,5-7H2,1H3;4*1H;;/q4*-1;;;;;2*+2/p-4. The first-order valence-electron chi connectivity index (χ1n) is 21.5. The summed E-state index contributed by atoms with van der Waals surface area (Å²) in [6, 6.07) is 21.1. The van der Waals surface area contributed by atoms with Gasteiger partial charge in [0.25, 0.3) is 0 Å². The maximum absolute atomic E-state index is 4.81. The Morgan fingerprint density at radius 2 is 0.661 bits per heavy atom. The SMILES string of the molecule is C=CCN1C=CN(CCCC)[CH-]1.C=CCN1C=CN(CCCC)[CH-]1.CCCCN1C=CN(Cc2ccccc2)[CH-]1.CCCCN1C=CN(Cc2ccccc2)[CH-]1.[Cl][Pd][Cl].[Cl][Pd][Cl]. The van der Waals surface area contributed by atoms with E-state index in [2.05, 4.69) is 217 Å². The van der Waals surface area contributed by atoms with Crippen molar-refractivity contribution in [2.75, 3.05) is 39.3 Å². The summed E-state index contributed by atoms with van der Waals surface area (Å²) < 4.78 is 0. The van der Waals surface area contributed by atoms with E-state index in [9.17, 15) is 0 Å². The number of rotatable bonds is 20. The molecule has 0 radical (unpaired) electrons. The molecular weight excluding hydrogens is 1040 g/mol. The van der Waals surface area contributed by atoms with Crippen molar-refractivity contribution in [3.63, 3.8) is 0 Å². The normalized spacial score (nSPS) is 14.5. The fraction of sp³-hybridized carbons (Fsp3) is 0.417. The second kappa shape index (κ2) is 40.3. The zero-order valence-electron chi connectivity index (χ0n) is 37.3. The fourth-order valence-electron chi connectivity index (χ4n) is 5.94. The number of unbranched alkanes of at least 4 members (excludes halogenated alkanes) is 4. The van der Waals surface area contributed by atoms with E-state index in [1.807, 2.05) is 12.2 Å². The van der Waals surface area contributed by atoms with Crippen LogP contribution in [0.15, 0.2) is 136 Å². The molecule has 4 aliphatic heterocycles. The van der Waals surface area contributed by atoms with E-state index in [0.29, 0.717) is 0 Å². The van der Waals surface area contributed by atoms with Gasteiger partial charge in [-0.15, -0.1) is 13.2 Å². The topological polar surface area (TPSA) is 25.9 Å². The minimum atomic E-state index is -0.106. The van der Waals surface area contributed by atoms with Crippen molar-refractivity contribution in [1.29, 1.82) is 0 Å². The quantitative estimate of drug-likeness (QED) is 0.0735. The Morgan fingerprint density at radius 3 is 0.919 bits per heavy atom. The summed E-state index contributed by atoms with van der Waals surface area (Å²) in [5.74, 6) is 0. The predicted molar refractivity (Wildman–Crippen MR) is 261 cm³/mol. The molecule has 0 aliphatic carbocycles. The summed E-state index contributed by atoms with van der Waals surface area (Å²) in [5.41, 5.74) is 2.70. The van der Waals surface area contributed by atoms with Crippen molar-refractivity contribution < 1.29 is 31.9 Å². The molecule has 0 spiro atoms. The minimum absolute atomic E-state index is 0.106. The van der Waals surface area contributed by atoms with Gasteiger partial charge in [-0.25, -0.2) is 0 Å². The Morgan fingerprint density at radius 1 is 0.419 bits per heavy atom. The van der Waals surface area contributed by atoms with Gasteiger partial charge >= 0.3 is 70.0 Å². The van der Waals surface area contributed by atoms with Gasteiger partial charge in [-0.2, -0.15) is 26.7 Å². The first-order valence-corrected chi connectivity index (χ1v) is 29.5. The summed E-state index contributed by atoms with van der Waals surface area (Å²) in [6.45, 7) is 33.1. The molecular formula is C48H72Cl4N8Pd2-4. The first kappa shape index (κ1) is 57.8. The zero-order valence-corrected chi connectivity index (χ0v) is 43.4. The molecule has 0 saturated heterocycles. The zero-order chi connectivity index (χ0) is 45.5. The van der Waals surface area contributed by atoms with Crippen molar-refractivity contribution in [2.24, 2.45) is 0 Å². The van der Waals surface area contributed by atoms with Crippen LogP contribution in [0.1, 0.15) is 90.2 Å². The summed E-state index contributed by atoms with van der Waals surface area (Å²) in [6.07, 6.45) is 30.8. The van der Waals surface area contributed by atoms with Crippen LogP contribution in [0.4, 0.5) is 0 Å². The molecule has 8 nitrogen and oxygen atoms in total. The number of benzene rings is 2. The molecule has 0 aromatic heterocycles. The Kier molecular flexibility index (Phi) is 37.5. The van der Waals surface area contributed by atoms with Gasteiger partial charge in [0.05, 0.1) is 0 Å². The van der Waals surface area contributed by atoms with Crippen molar-refractivity contribution in [3.8, 4) is 0 Å².